The number of hydrogen-bond donors (Lipinski definition) is 0. The van der Waals surface area contributed by atoms with Crippen molar-refractivity contribution in [3.05, 3.63) is 48.0 Å². The predicted octanol–water partition coefficient (Wildman–Crippen LogP) is 4.77. The van der Waals surface area contributed by atoms with Crippen LogP contribution in [0.2, 0.25) is 0 Å². The van der Waals surface area contributed by atoms with E-state index < -0.39 is 17.2 Å². The standard InChI is InChI=1S/C23H27N3O4.O2S/c1-15-5-7-17(8-6-15)29-21-20-19(24-14-25-21)18(13-28-20)16-9-11-26(12-10-16)22(27)30-23(2,3)4;1-3-2/h5-8,13-14,16H,9-12H2,1-4H3;. The highest BCUT2D eigenvalue weighted by molar-refractivity contribution is 7.51. The van der Waals surface area contributed by atoms with Crippen LogP contribution in [0, 0.1) is 6.92 Å². The quantitative estimate of drug-likeness (QED) is 0.535. The second kappa shape index (κ2) is 10.6. The number of ether oxygens (including phenoxy) is 2. The Morgan fingerprint density at radius 3 is 2.36 bits per heavy atom. The van der Waals surface area contributed by atoms with Gasteiger partial charge in [-0.25, -0.2) is 9.78 Å². The molecule has 0 radical (unpaired) electrons. The van der Waals surface area contributed by atoms with Crippen LogP contribution in [-0.4, -0.2) is 48.1 Å². The normalized spacial score (nSPS) is 14.4. The van der Waals surface area contributed by atoms with Crippen LogP contribution in [0.15, 0.2) is 41.3 Å². The molecule has 10 heteroatoms. The van der Waals surface area contributed by atoms with E-state index in [9.17, 15) is 4.79 Å². The summed E-state index contributed by atoms with van der Waals surface area (Å²) in [5.74, 6) is 1.36. The lowest BCUT2D eigenvalue weighted by molar-refractivity contribution is 0.0205. The van der Waals surface area contributed by atoms with Crippen LogP contribution in [0.1, 0.15) is 50.7 Å². The molecule has 3 aromatic rings. The summed E-state index contributed by atoms with van der Waals surface area (Å²) in [4.78, 5) is 22.8. The molecular formula is C23H27N3O6S. The molecule has 1 aliphatic heterocycles. The zero-order valence-electron chi connectivity index (χ0n) is 19.1. The molecule has 0 atom stereocenters. The van der Waals surface area contributed by atoms with Gasteiger partial charge in [0.25, 0.3) is 5.88 Å². The van der Waals surface area contributed by atoms with Gasteiger partial charge in [0.05, 0.1) is 6.26 Å². The van der Waals surface area contributed by atoms with Gasteiger partial charge in [-0.15, -0.1) is 0 Å². The van der Waals surface area contributed by atoms with E-state index in [1.807, 2.05) is 52.0 Å². The topological polar surface area (TPSA) is 112 Å². The summed E-state index contributed by atoms with van der Waals surface area (Å²) in [6, 6.07) is 7.78. The lowest BCUT2D eigenvalue weighted by atomic mass is 9.90. The van der Waals surface area contributed by atoms with Crippen LogP contribution in [0.25, 0.3) is 11.1 Å². The van der Waals surface area contributed by atoms with Crippen molar-refractivity contribution in [2.75, 3.05) is 13.1 Å². The Morgan fingerprint density at radius 1 is 1.12 bits per heavy atom. The average molecular weight is 474 g/mol. The number of rotatable bonds is 3. The van der Waals surface area contributed by atoms with Crippen molar-refractivity contribution in [3.8, 4) is 11.6 Å². The van der Waals surface area contributed by atoms with Gasteiger partial charge in [0.15, 0.2) is 0 Å². The number of aryl methyl sites for hydroxylation is 1. The number of benzene rings is 1. The van der Waals surface area contributed by atoms with Gasteiger partial charge >= 0.3 is 17.7 Å². The Labute approximate surface area is 195 Å². The third-order valence-electron chi connectivity index (χ3n) is 5.17. The van der Waals surface area contributed by atoms with Crippen molar-refractivity contribution >= 4 is 28.8 Å². The molecule has 9 nitrogen and oxygen atoms in total. The van der Waals surface area contributed by atoms with Crippen LogP contribution in [0.5, 0.6) is 11.6 Å². The van der Waals surface area contributed by atoms with Gasteiger partial charge in [0.1, 0.15) is 23.2 Å². The van der Waals surface area contributed by atoms with E-state index in [-0.39, 0.29) is 12.0 Å². The van der Waals surface area contributed by atoms with E-state index in [0.717, 1.165) is 29.5 Å². The second-order valence-electron chi connectivity index (χ2n) is 8.77. The Balaban J connectivity index is 0.000000968. The number of amides is 1. The fraction of sp³-hybridized carbons (Fsp3) is 0.435. The minimum absolute atomic E-state index is 0.255. The largest absolute Gasteiger partial charge is 0.457 e. The Kier molecular flexibility index (Phi) is 7.80. The van der Waals surface area contributed by atoms with Gasteiger partial charge < -0.3 is 18.8 Å². The average Bonchev–Trinajstić information content (AvgIpc) is 3.20. The molecule has 1 aliphatic rings. The molecule has 1 saturated heterocycles. The summed E-state index contributed by atoms with van der Waals surface area (Å²) in [6.45, 7) is 8.95. The Hall–Kier alpha value is -3.27. The minimum Gasteiger partial charge on any atom is -0.457 e. The number of furan rings is 1. The first kappa shape index (κ1) is 24.4. The number of nitrogens with zero attached hydrogens (tertiary/aromatic N) is 3. The molecule has 0 spiro atoms. The molecule has 0 saturated carbocycles. The number of piperidine rings is 1. The molecule has 3 heterocycles. The molecule has 33 heavy (non-hydrogen) atoms. The van der Waals surface area contributed by atoms with E-state index in [1.165, 1.54) is 6.33 Å². The second-order valence-corrected chi connectivity index (χ2v) is 8.91. The van der Waals surface area contributed by atoms with Gasteiger partial charge in [-0.1, -0.05) is 17.7 Å². The lowest BCUT2D eigenvalue weighted by Gasteiger charge is -2.33. The van der Waals surface area contributed by atoms with Gasteiger partial charge in [-0.2, -0.15) is 13.4 Å². The van der Waals surface area contributed by atoms with Gasteiger partial charge in [-0.3, -0.25) is 0 Å². The molecule has 2 aromatic heterocycles. The molecule has 1 aromatic carbocycles. The molecule has 1 fully saturated rings. The van der Waals surface area contributed by atoms with Crippen molar-refractivity contribution in [2.24, 2.45) is 0 Å². The maximum absolute atomic E-state index is 12.3. The van der Waals surface area contributed by atoms with Crippen molar-refractivity contribution in [3.63, 3.8) is 0 Å². The SMILES string of the molecule is Cc1ccc(Oc2ncnc3c(C4CCN(C(=O)OC(C)(C)C)CC4)coc23)cc1.O=S=O. The van der Waals surface area contributed by atoms with E-state index in [1.54, 1.807) is 11.2 Å². The summed E-state index contributed by atoms with van der Waals surface area (Å²) in [5.41, 5.74) is 3.02. The summed E-state index contributed by atoms with van der Waals surface area (Å²) in [6.07, 6.45) is 4.64. The summed E-state index contributed by atoms with van der Waals surface area (Å²) < 4.78 is 33.8. The molecular weight excluding hydrogens is 446 g/mol. The zero-order valence-corrected chi connectivity index (χ0v) is 19.9. The summed E-state index contributed by atoms with van der Waals surface area (Å²) in [5, 5.41) is 0. The minimum atomic E-state index is -0.750. The maximum Gasteiger partial charge on any atom is 0.410 e. The predicted molar refractivity (Wildman–Crippen MR) is 122 cm³/mol. The lowest BCUT2D eigenvalue weighted by Crippen LogP contribution is -2.41. The summed E-state index contributed by atoms with van der Waals surface area (Å²) >= 11 is -0.750. The van der Waals surface area contributed by atoms with Gasteiger partial charge in [0, 0.05) is 18.7 Å². The molecule has 0 bridgehead atoms. The Morgan fingerprint density at radius 2 is 1.76 bits per heavy atom. The van der Waals surface area contributed by atoms with Gasteiger partial charge in [0.2, 0.25) is 5.58 Å². The Bertz CT molecular complexity index is 1130. The number of carbonyl (C=O) groups excluding carboxylic acids is 1. The molecule has 0 aliphatic carbocycles. The van der Waals surface area contributed by atoms with Crippen LogP contribution in [0.3, 0.4) is 0 Å². The summed E-state index contributed by atoms with van der Waals surface area (Å²) in [7, 11) is 0. The fourth-order valence-electron chi connectivity index (χ4n) is 3.63. The highest BCUT2D eigenvalue weighted by atomic mass is 32.1. The highest BCUT2D eigenvalue weighted by Gasteiger charge is 2.29. The zero-order chi connectivity index (χ0) is 24.0. The first-order valence-electron chi connectivity index (χ1n) is 10.6. The smallest absolute Gasteiger partial charge is 0.410 e. The van der Waals surface area contributed by atoms with E-state index >= 15 is 0 Å². The molecule has 176 valence electrons. The van der Waals surface area contributed by atoms with Crippen molar-refractivity contribution in [1.29, 1.82) is 0 Å². The number of aromatic nitrogens is 2. The van der Waals surface area contributed by atoms with E-state index in [0.29, 0.717) is 30.3 Å². The third-order valence-corrected chi connectivity index (χ3v) is 5.17. The van der Waals surface area contributed by atoms with Crippen molar-refractivity contribution in [2.45, 2.75) is 52.1 Å². The maximum atomic E-state index is 12.3. The van der Waals surface area contributed by atoms with Crippen LogP contribution < -0.4 is 4.74 Å². The van der Waals surface area contributed by atoms with E-state index in [4.69, 9.17) is 22.3 Å². The third kappa shape index (κ3) is 6.38. The highest BCUT2D eigenvalue weighted by Crippen LogP contribution is 2.37. The number of fused-ring (bicyclic) bond motifs is 1. The van der Waals surface area contributed by atoms with Crippen molar-refractivity contribution < 1.29 is 27.1 Å². The van der Waals surface area contributed by atoms with Crippen molar-refractivity contribution in [1.82, 2.24) is 14.9 Å². The van der Waals surface area contributed by atoms with Crippen LogP contribution in [-0.2, 0) is 16.3 Å². The first-order chi connectivity index (χ1) is 15.7. The van der Waals surface area contributed by atoms with Crippen LogP contribution in [0.4, 0.5) is 4.79 Å². The molecule has 4 rings (SSSR count). The first-order valence-corrected chi connectivity index (χ1v) is 11.2. The molecule has 0 unspecified atom stereocenters. The number of likely N-dealkylation sites (tertiary alicyclic amines) is 1. The monoisotopic (exact) mass is 473 g/mol. The molecule has 0 N–H and O–H groups in total. The molecule has 1 amide bonds. The van der Waals surface area contributed by atoms with Crippen LogP contribution >= 0.6 is 0 Å². The van der Waals surface area contributed by atoms with E-state index in [2.05, 4.69) is 9.97 Å². The number of carbonyl (C=O) groups is 1. The number of hydrogen-bond acceptors (Lipinski definition) is 8. The fourth-order valence-corrected chi connectivity index (χ4v) is 3.63. The van der Waals surface area contributed by atoms with Gasteiger partial charge in [-0.05, 0) is 58.6 Å².